The summed E-state index contributed by atoms with van der Waals surface area (Å²) in [4.78, 5) is 8.64. The quantitative estimate of drug-likeness (QED) is 0.559. The van der Waals surface area contributed by atoms with Gasteiger partial charge in [0.25, 0.3) is 0 Å². The zero-order valence-corrected chi connectivity index (χ0v) is 15.3. The first-order valence-corrected chi connectivity index (χ1v) is 9.46. The molecule has 0 fully saturated rings. The van der Waals surface area contributed by atoms with Gasteiger partial charge < -0.3 is 10.6 Å². The van der Waals surface area contributed by atoms with Crippen molar-refractivity contribution in [2.24, 2.45) is 0 Å². The van der Waals surface area contributed by atoms with Crippen LogP contribution in [0, 0.1) is 17.3 Å². The largest absolute Gasteiger partial charge is 0.374 e. The van der Waals surface area contributed by atoms with Crippen LogP contribution in [0.25, 0.3) is 10.6 Å². The third-order valence-electron chi connectivity index (χ3n) is 3.37. The number of hydrogen-bond acceptors (Lipinski definition) is 7. The SMILES string of the molecule is CN/C(NCCC#Cc1csc(-c2cccnc2)n1)=C1/C=CSC1=N. The fourth-order valence-electron chi connectivity index (χ4n) is 2.18. The summed E-state index contributed by atoms with van der Waals surface area (Å²) in [5, 5.41) is 19.6. The number of rotatable bonds is 5. The number of aromatic nitrogens is 2. The van der Waals surface area contributed by atoms with E-state index in [0.29, 0.717) is 18.0 Å². The summed E-state index contributed by atoms with van der Waals surface area (Å²) < 4.78 is 0. The van der Waals surface area contributed by atoms with Crippen LogP contribution in [0.15, 0.2) is 52.8 Å². The van der Waals surface area contributed by atoms with E-state index in [1.807, 2.05) is 36.0 Å². The number of thiazole rings is 1. The van der Waals surface area contributed by atoms with Crippen LogP contribution < -0.4 is 10.6 Å². The summed E-state index contributed by atoms with van der Waals surface area (Å²) in [5.41, 5.74) is 2.69. The van der Waals surface area contributed by atoms with Crippen LogP contribution in [0.1, 0.15) is 12.1 Å². The molecule has 2 aromatic rings. The molecule has 126 valence electrons. The molecule has 7 heteroatoms. The summed E-state index contributed by atoms with van der Waals surface area (Å²) in [6.45, 7) is 0.706. The van der Waals surface area contributed by atoms with Crippen molar-refractivity contribution in [1.82, 2.24) is 20.6 Å². The molecule has 0 aliphatic carbocycles. The maximum Gasteiger partial charge on any atom is 0.126 e. The molecule has 0 saturated heterocycles. The average molecular weight is 368 g/mol. The molecule has 0 amide bonds. The highest BCUT2D eigenvalue weighted by atomic mass is 32.2. The third kappa shape index (κ3) is 4.50. The monoisotopic (exact) mass is 367 g/mol. The Balaban J connectivity index is 1.54. The Labute approximate surface area is 155 Å². The molecule has 0 aromatic carbocycles. The highest BCUT2D eigenvalue weighted by Gasteiger charge is 2.12. The Hall–Kier alpha value is -2.56. The van der Waals surface area contributed by atoms with Crippen molar-refractivity contribution in [3.05, 3.63) is 58.5 Å². The standard InChI is InChI=1S/C18H17N5S2/c1-20-17(15-7-10-24-16(15)19)22-9-3-2-6-14-12-25-18(23-14)13-5-4-8-21-11-13/h4-5,7-8,10-12,19-20,22H,3,9H2,1H3/b17-15+,19-16?. The topological polar surface area (TPSA) is 73.7 Å². The van der Waals surface area contributed by atoms with Crippen LogP contribution in [0.2, 0.25) is 0 Å². The first-order chi connectivity index (χ1) is 12.3. The maximum atomic E-state index is 7.86. The fraction of sp³-hybridized carbons (Fsp3) is 0.167. The minimum absolute atomic E-state index is 0.549. The fourth-order valence-corrected chi connectivity index (χ4v) is 3.56. The van der Waals surface area contributed by atoms with E-state index < -0.39 is 0 Å². The Bertz CT molecular complexity index is 872. The Kier molecular flexibility index (Phi) is 5.88. The van der Waals surface area contributed by atoms with Crippen molar-refractivity contribution in [2.45, 2.75) is 6.42 Å². The van der Waals surface area contributed by atoms with Gasteiger partial charge in [-0.1, -0.05) is 17.7 Å². The van der Waals surface area contributed by atoms with E-state index >= 15 is 0 Å². The van der Waals surface area contributed by atoms with Crippen LogP contribution in [0.3, 0.4) is 0 Å². The van der Waals surface area contributed by atoms with Gasteiger partial charge in [0.15, 0.2) is 0 Å². The second kappa shape index (κ2) is 8.51. The van der Waals surface area contributed by atoms with E-state index in [1.54, 1.807) is 23.7 Å². The van der Waals surface area contributed by atoms with Gasteiger partial charge in [0.2, 0.25) is 0 Å². The zero-order valence-electron chi connectivity index (χ0n) is 13.7. The van der Waals surface area contributed by atoms with Crippen LogP contribution in [0.4, 0.5) is 0 Å². The van der Waals surface area contributed by atoms with E-state index in [-0.39, 0.29) is 0 Å². The van der Waals surface area contributed by atoms with Gasteiger partial charge in [0.1, 0.15) is 21.6 Å². The van der Waals surface area contributed by atoms with Crippen molar-refractivity contribution >= 4 is 28.1 Å². The van der Waals surface area contributed by atoms with Gasteiger partial charge in [0, 0.05) is 48.9 Å². The van der Waals surface area contributed by atoms with Gasteiger partial charge in [-0.25, -0.2) is 4.98 Å². The first-order valence-electron chi connectivity index (χ1n) is 7.71. The highest BCUT2D eigenvalue weighted by molar-refractivity contribution is 8.17. The smallest absolute Gasteiger partial charge is 0.126 e. The minimum Gasteiger partial charge on any atom is -0.374 e. The molecule has 1 aliphatic heterocycles. The normalized spacial score (nSPS) is 14.8. The zero-order chi connectivity index (χ0) is 17.5. The molecule has 0 spiro atoms. The Morgan fingerprint density at radius 1 is 1.40 bits per heavy atom. The molecule has 0 radical (unpaired) electrons. The molecule has 2 aromatic heterocycles. The molecule has 25 heavy (non-hydrogen) atoms. The molecule has 0 atom stereocenters. The van der Waals surface area contributed by atoms with Gasteiger partial charge in [-0.2, -0.15) is 0 Å². The van der Waals surface area contributed by atoms with Gasteiger partial charge in [-0.3, -0.25) is 10.4 Å². The number of nitrogens with zero attached hydrogens (tertiary/aromatic N) is 2. The lowest BCUT2D eigenvalue weighted by Crippen LogP contribution is -2.26. The predicted octanol–water partition coefficient (Wildman–Crippen LogP) is 3.21. The van der Waals surface area contributed by atoms with E-state index in [9.17, 15) is 0 Å². The Morgan fingerprint density at radius 2 is 2.32 bits per heavy atom. The number of nitrogens with one attached hydrogen (secondary N) is 3. The number of hydrogen-bond donors (Lipinski definition) is 3. The van der Waals surface area contributed by atoms with Crippen LogP contribution in [-0.4, -0.2) is 28.6 Å². The molecular formula is C18H17N5S2. The lowest BCUT2D eigenvalue weighted by molar-refractivity contribution is 0.738. The van der Waals surface area contributed by atoms with Crippen molar-refractivity contribution in [1.29, 1.82) is 5.41 Å². The Morgan fingerprint density at radius 3 is 3.04 bits per heavy atom. The van der Waals surface area contributed by atoms with Gasteiger partial charge in [-0.15, -0.1) is 11.3 Å². The van der Waals surface area contributed by atoms with Crippen LogP contribution >= 0.6 is 23.1 Å². The summed E-state index contributed by atoms with van der Waals surface area (Å²) in [6.07, 6.45) is 6.19. The van der Waals surface area contributed by atoms with Crippen LogP contribution in [0.5, 0.6) is 0 Å². The summed E-state index contributed by atoms with van der Waals surface area (Å²) in [7, 11) is 1.85. The summed E-state index contributed by atoms with van der Waals surface area (Å²) >= 11 is 2.99. The second-order valence-corrected chi connectivity index (χ2v) is 6.82. The molecular weight excluding hydrogens is 350 g/mol. The molecule has 5 nitrogen and oxygen atoms in total. The van der Waals surface area contributed by atoms with Crippen molar-refractivity contribution in [3.63, 3.8) is 0 Å². The number of thioether (sulfide) groups is 1. The molecule has 0 unspecified atom stereocenters. The van der Waals surface area contributed by atoms with Gasteiger partial charge in [0.05, 0.1) is 0 Å². The van der Waals surface area contributed by atoms with Crippen molar-refractivity contribution in [3.8, 4) is 22.4 Å². The molecule has 0 bridgehead atoms. The van der Waals surface area contributed by atoms with E-state index in [4.69, 9.17) is 5.41 Å². The van der Waals surface area contributed by atoms with Crippen molar-refractivity contribution < 1.29 is 0 Å². The summed E-state index contributed by atoms with van der Waals surface area (Å²) in [6, 6.07) is 3.90. The first kappa shape index (κ1) is 17.3. The average Bonchev–Trinajstić information content (AvgIpc) is 3.28. The number of pyridine rings is 1. The molecule has 3 heterocycles. The molecule has 3 N–H and O–H groups in total. The molecule has 1 aliphatic rings. The molecule has 3 rings (SSSR count). The van der Waals surface area contributed by atoms with Gasteiger partial charge >= 0.3 is 0 Å². The third-order valence-corrected chi connectivity index (χ3v) is 4.98. The lowest BCUT2D eigenvalue weighted by atomic mass is 10.2. The van der Waals surface area contributed by atoms with E-state index in [1.165, 1.54) is 11.8 Å². The van der Waals surface area contributed by atoms with Gasteiger partial charge in [-0.05, 0) is 29.5 Å². The maximum absolute atomic E-state index is 7.86. The second-order valence-electron chi connectivity index (χ2n) is 5.05. The van der Waals surface area contributed by atoms with Crippen molar-refractivity contribution in [2.75, 3.05) is 13.6 Å². The van der Waals surface area contributed by atoms with Crippen LogP contribution in [-0.2, 0) is 0 Å². The van der Waals surface area contributed by atoms with E-state index in [0.717, 1.165) is 27.7 Å². The van der Waals surface area contributed by atoms with E-state index in [2.05, 4.69) is 32.4 Å². The minimum atomic E-state index is 0.549. The lowest BCUT2D eigenvalue weighted by Gasteiger charge is -2.11. The predicted molar refractivity (Wildman–Crippen MR) is 105 cm³/mol. The highest BCUT2D eigenvalue weighted by Crippen LogP contribution is 2.23. The number of allylic oxidation sites excluding steroid dienone is 1. The summed E-state index contributed by atoms with van der Waals surface area (Å²) in [5.74, 6) is 7.10. The molecule has 0 saturated carbocycles.